The largest absolute Gasteiger partial charge is 0.390 e. The third kappa shape index (κ3) is 5.18. The zero-order valence-corrected chi connectivity index (χ0v) is 8.83. The highest BCUT2D eigenvalue weighted by molar-refractivity contribution is 7.53. The number of halogens is 6. The molecule has 0 aromatic heterocycles. The number of hydrogen-bond acceptors (Lipinski definition) is 1. The first-order chi connectivity index (χ1) is 6.66. The lowest BCUT2D eigenvalue weighted by Gasteiger charge is -2.31. The third-order valence-electron chi connectivity index (χ3n) is 1.87. The molecule has 0 spiro atoms. The van der Waals surface area contributed by atoms with Gasteiger partial charge in [-0.05, 0) is 6.92 Å². The van der Waals surface area contributed by atoms with Crippen LogP contribution in [0.15, 0.2) is 0 Å². The van der Waals surface area contributed by atoms with Crippen molar-refractivity contribution in [1.82, 2.24) is 0 Å². The van der Waals surface area contributed by atoms with Crippen molar-refractivity contribution in [2.45, 2.75) is 37.3 Å². The molecule has 0 aliphatic rings. The predicted octanol–water partition coefficient (Wildman–Crippen LogP) is 2.83. The average molecular weight is 274 g/mol. The van der Waals surface area contributed by atoms with E-state index in [1.165, 1.54) is 0 Å². The second-order valence-electron chi connectivity index (χ2n) is 3.62. The van der Waals surface area contributed by atoms with Crippen LogP contribution in [-0.4, -0.2) is 27.3 Å². The Labute approximate surface area is 86.6 Å². The van der Waals surface area contributed by atoms with E-state index >= 15 is 0 Å². The summed E-state index contributed by atoms with van der Waals surface area (Å²) >= 11 is 0. The maximum absolute atomic E-state index is 11.9. The van der Waals surface area contributed by atoms with Gasteiger partial charge in [0.1, 0.15) is 0 Å². The van der Waals surface area contributed by atoms with Crippen LogP contribution in [0, 0.1) is 0 Å². The molecule has 2 N–H and O–H groups in total. The van der Waals surface area contributed by atoms with E-state index in [4.69, 9.17) is 9.79 Å². The quantitative estimate of drug-likeness (QED) is 0.614. The van der Waals surface area contributed by atoms with Gasteiger partial charge in [0.05, 0.1) is 18.0 Å². The topological polar surface area (TPSA) is 57.5 Å². The molecule has 0 bridgehead atoms. The van der Waals surface area contributed by atoms with Crippen molar-refractivity contribution >= 4 is 7.60 Å². The normalized spacial score (nSPS) is 15.3. The van der Waals surface area contributed by atoms with Crippen molar-refractivity contribution in [2.24, 2.45) is 0 Å². The van der Waals surface area contributed by atoms with Gasteiger partial charge in [-0.2, -0.15) is 26.3 Å². The van der Waals surface area contributed by atoms with Gasteiger partial charge in [0.2, 0.25) is 0 Å². The van der Waals surface area contributed by atoms with E-state index in [0.29, 0.717) is 0 Å². The minimum Gasteiger partial charge on any atom is -0.324 e. The molecule has 0 aromatic carbocycles. The van der Waals surface area contributed by atoms with Gasteiger partial charge in [-0.3, -0.25) is 4.57 Å². The molecule has 0 radical (unpaired) electrons. The Balaban J connectivity index is 5.15. The molecule has 16 heavy (non-hydrogen) atoms. The Morgan fingerprint density at radius 1 is 0.938 bits per heavy atom. The van der Waals surface area contributed by atoms with Crippen LogP contribution in [0.2, 0.25) is 0 Å². The Bertz CT molecular complexity index is 274. The van der Waals surface area contributed by atoms with Gasteiger partial charge in [-0.15, -0.1) is 0 Å². The second kappa shape index (κ2) is 4.19. The van der Waals surface area contributed by atoms with Crippen molar-refractivity contribution < 1.29 is 40.7 Å². The highest BCUT2D eigenvalue weighted by Gasteiger charge is 2.55. The lowest BCUT2D eigenvalue weighted by atomic mass is 10.0. The Kier molecular flexibility index (Phi) is 4.12. The first-order valence-electron chi connectivity index (χ1n) is 3.85. The van der Waals surface area contributed by atoms with Crippen molar-refractivity contribution in [3.05, 3.63) is 0 Å². The van der Waals surface area contributed by atoms with E-state index in [9.17, 15) is 30.9 Å². The van der Waals surface area contributed by atoms with Crippen LogP contribution in [0.5, 0.6) is 0 Å². The Morgan fingerprint density at radius 3 is 1.31 bits per heavy atom. The van der Waals surface area contributed by atoms with Crippen molar-refractivity contribution in [3.8, 4) is 0 Å². The van der Waals surface area contributed by atoms with Gasteiger partial charge >= 0.3 is 19.9 Å². The summed E-state index contributed by atoms with van der Waals surface area (Å²) in [5.41, 5.74) is 0. The molecule has 10 heteroatoms. The van der Waals surface area contributed by atoms with Gasteiger partial charge < -0.3 is 9.79 Å². The average Bonchev–Trinajstić information content (AvgIpc) is 1.72. The van der Waals surface area contributed by atoms with E-state index in [1.54, 1.807) is 0 Å². The van der Waals surface area contributed by atoms with Crippen molar-refractivity contribution in [2.75, 3.05) is 0 Å². The van der Waals surface area contributed by atoms with Crippen molar-refractivity contribution in [3.63, 3.8) is 0 Å². The molecule has 0 rings (SSSR count). The van der Waals surface area contributed by atoms with E-state index < -0.39 is 37.9 Å². The summed E-state index contributed by atoms with van der Waals surface area (Å²) in [6.45, 7) is 0.273. The summed E-state index contributed by atoms with van der Waals surface area (Å²) in [6, 6.07) is 0. The summed E-state index contributed by atoms with van der Waals surface area (Å²) in [5, 5.41) is -3.18. The fourth-order valence-electron chi connectivity index (χ4n) is 1.13. The molecular weight excluding hydrogens is 265 g/mol. The molecule has 0 aliphatic carbocycles. The first kappa shape index (κ1) is 15.7. The van der Waals surface area contributed by atoms with Crippen LogP contribution >= 0.6 is 7.60 Å². The molecular formula is C6H9F6O3P. The molecule has 0 heterocycles. The zero-order valence-electron chi connectivity index (χ0n) is 7.93. The van der Waals surface area contributed by atoms with Gasteiger partial charge in [0.25, 0.3) is 0 Å². The summed E-state index contributed by atoms with van der Waals surface area (Å²) < 4.78 is 82.4. The molecule has 0 aliphatic heterocycles. The van der Waals surface area contributed by atoms with E-state index in [-0.39, 0.29) is 6.92 Å². The summed E-state index contributed by atoms with van der Waals surface area (Å²) in [4.78, 5) is 17.1. The monoisotopic (exact) mass is 274 g/mol. The van der Waals surface area contributed by atoms with Crippen LogP contribution in [0.3, 0.4) is 0 Å². The van der Waals surface area contributed by atoms with Crippen molar-refractivity contribution in [1.29, 1.82) is 0 Å². The predicted molar refractivity (Wildman–Crippen MR) is 41.8 cm³/mol. The van der Waals surface area contributed by atoms with Crippen LogP contribution in [0.1, 0.15) is 19.8 Å². The number of rotatable bonds is 3. The number of hydrogen-bond donors (Lipinski definition) is 2. The summed E-state index contributed by atoms with van der Waals surface area (Å²) in [6.07, 6.45) is -14.5. The Hall–Kier alpha value is -0.270. The minimum atomic E-state index is -5.52. The van der Waals surface area contributed by atoms with Gasteiger partial charge in [0, 0.05) is 0 Å². The maximum Gasteiger partial charge on any atom is 0.390 e. The molecule has 0 unspecified atom stereocenters. The highest BCUT2D eigenvalue weighted by Crippen LogP contribution is 2.58. The second-order valence-corrected chi connectivity index (χ2v) is 5.79. The molecule has 0 amide bonds. The third-order valence-corrected chi connectivity index (χ3v) is 3.59. The van der Waals surface area contributed by atoms with E-state index in [0.717, 1.165) is 0 Å². The maximum atomic E-state index is 11.9. The highest BCUT2D eigenvalue weighted by atomic mass is 31.2. The first-order valence-corrected chi connectivity index (χ1v) is 5.47. The van der Waals surface area contributed by atoms with Crippen LogP contribution in [0.25, 0.3) is 0 Å². The fraction of sp³-hybridized carbons (Fsp3) is 1.00. The molecule has 0 aromatic rings. The lowest BCUT2D eigenvalue weighted by Crippen LogP contribution is -2.36. The molecule has 3 nitrogen and oxygen atoms in total. The smallest absolute Gasteiger partial charge is 0.324 e. The Morgan fingerprint density at radius 2 is 1.19 bits per heavy atom. The van der Waals surface area contributed by atoms with Gasteiger partial charge in [-0.25, -0.2) is 0 Å². The fourth-order valence-corrected chi connectivity index (χ4v) is 1.90. The molecule has 0 saturated heterocycles. The zero-order chi connectivity index (χ0) is 13.4. The van der Waals surface area contributed by atoms with Gasteiger partial charge in [-0.1, -0.05) is 0 Å². The summed E-state index contributed by atoms with van der Waals surface area (Å²) in [5.74, 6) is 0. The molecule has 0 atom stereocenters. The lowest BCUT2D eigenvalue weighted by molar-refractivity contribution is -0.168. The molecule has 0 saturated carbocycles. The summed E-state index contributed by atoms with van der Waals surface area (Å²) in [7, 11) is -5.52. The SMILES string of the molecule is CC(CC(F)(F)F)(CC(F)(F)F)P(=O)(O)O. The van der Waals surface area contributed by atoms with Crippen LogP contribution in [0.4, 0.5) is 26.3 Å². The number of alkyl halides is 6. The minimum absolute atomic E-state index is 0.273. The van der Waals surface area contributed by atoms with E-state index in [1.807, 2.05) is 0 Å². The van der Waals surface area contributed by atoms with Crippen LogP contribution < -0.4 is 0 Å². The van der Waals surface area contributed by atoms with E-state index in [2.05, 4.69) is 0 Å². The van der Waals surface area contributed by atoms with Gasteiger partial charge in [0.15, 0.2) is 0 Å². The molecule has 98 valence electrons. The standard InChI is InChI=1S/C6H9F6O3P/c1-4(16(13,14)15,2-5(7,8)9)3-6(10,11)12/h2-3H2,1H3,(H2,13,14,15). The van der Waals surface area contributed by atoms with Crippen LogP contribution in [-0.2, 0) is 4.57 Å². The molecule has 0 fully saturated rings.